The van der Waals surface area contributed by atoms with Gasteiger partial charge in [0.1, 0.15) is 17.5 Å². The van der Waals surface area contributed by atoms with Gasteiger partial charge in [0.2, 0.25) is 0 Å². The van der Waals surface area contributed by atoms with Crippen molar-refractivity contribution in [3.8, 4) is 0 Å². The summed E-state index contributed by atoms with van der Waals surface area (Å²) in [4.78, 5) is 20.7. The highest BCUT2D eigenvalue weighted by molar-refractivity contribution is 5.55. The Morgan fingerprint density at radius 1 is 1.13 bits per heavy atom. The molecule has 4 heterocycles. The van der Waals surface area contributed by atoms with Gasteiger partial charge in [-0.2, -0.15) is 0 Å². The molecule has 0 radical (unpaired) electrons. The number of nitrogens with zero attached hydrogens (tertiary/aromatic N) is 5. The van der Waals surface area contributed by atoms with Crippen LogP contribution in [0.15, 0.2) is 48.9 Å². The van der Waals surface area contributed by atoms with Crippen LogP contribution in [-0.4, -0.2) is 45.1 Å². The second-order valence-corrected chi connectivity index (χ2v) is 7.62. The van der Waals surface area contributed by atoms with Crippen molar-refractivity contribution in [3.63, 3.8) is 0 Å². The zero-order valence-electron chi connectivity index (χ0n) is 17.6. The van der Waals surface area contributed by atoms with Crippen molar-refractivity contribution < 1.29 is 4.74 Å². The first-order valence-corrected chi connectivity index (χ1v) is 10.4. The predicted molar refractivity (Wildman–Crippen MR) is 116 cm³/mol. The van der Waals surface area contributed by atoms with Crippen LogP contribution in [0.25, 0.3) is 0 Å². The van der Waals surface area contributed by atoms with Gasteiger partial charge >= 0.3 is 0 Å². The summed E-state index contributed by atoms with van der Waals surface area (Å²) in [6, 6.07) is 10.4. The predicted octanol–water partition coefficient (Wildman–Crippen LogP) is 3.84. The molecule has 7 heteroatoms. The molecule has 156 valence electrons. The quantitative estimate of drug-likeness (QED) is 0.611. The number of nitrogens with one attached hydrogen (secondary N) is 1. The van der Waals surface area contributed by atoms with E-state index in [9.17, 15) is 0 Å². The summed E-state index contributed by atoms with van der Waals surface area (Å²) in [5.41, 5.74) is 3.31. The number of aryl methyl sites for hydroxylation is 1. The number of likely N-dealkylation sites (tertiary alicyclic amines) is 1. The molecule has 0 bridgehead atoms. The first-order chi connectivity index (χ1) is 14.7. The standard InChI is InChI=1S/C23H28N6O/c1-17-6-4-11-24-23(17)28-22-9-3-7-19(27-22)20-8-5-12-29(20)16-18-14-25-21(26-15-18)10-13-30-2/h3-4,6-7,9,11,14-15,20H,5,8,10,12-13,16H2,1-2H3,(H,24,27,28). The number of methoxy groups -OCH3 is 1. The van der Waals surface area contributed by atoms with Gasteiger partial charge in [0.25, 0.3) is 0 Å². The molecule has 1 aliphatic heterocycles. The molecule has 1 aliphatic rings. The first kappa shape index (κ1) is 20.4. The number of hydrogen-bond acceptors (Lipinski definition) is 7. The molecule has 1 atom stereocenters. The molecule has 0 amide bonds. The van der Waals surface area contributed by atoms with Gasteiger partial charge in [-0.15, -0.1) is 0 Å². The van der Waals surface area contributed by atoms with Gasteiger partial charge < -0.3 is 10.1 Å². The van der Waals surface area contributed by atoms with E-state index in [1.54, 1.807) is 13.3 Å². The summed E-state index contributed by atoms with van der Waals surface area (Å²) in [5, 5.41) is 3.35. The number of hydrogen-bond donors (Lipinski definition) is 1. The second kappa shape index (κ2) is 9.73. The van der Waals surface area contributed by atoms with Crippen LogP contribution in [0.1, 0.15) is 41.5 Å². The Balaban J connectivity index is 1.45. The monoisotopic (exact) mass is 404 g/mol. The Morgan fingerprint density at radius 3 is 2.80 bits per heavy atom. The van der Waals surface area contributed by atoms with E-state index in [0.717, 1.165) is 66.6 Å². The molecule has 1 unspecified atom stereocenters. The Hall–Kier alpha value is -2.90. The highest BCUT2D eigenvalue weighted by Crippen LogP contribution is 2.32. The summed E-state index contributed by atoms with van der Waals surface area (Å²) >= 11 is 0. The topological polar surface area (TPSA) is 76.1 Å². The number of anilines is 2. The van der Waals surface area contributed by atoms with E-state index in [4.69, 9.17) is 9.72 Å². The summed E-state index contributed by atoms with van der Waals surface area (Å²) in [7, 11) is 1.69. The van der Waals surface area contributed by atoms with Gasteiger partial charge in [-0.3, -0.25) is 4.90 Å². The minimum Gasteiger partial charge on any atom is -0.384 e. The Kier molecular flexibility index (Phi) is 6.61. The van der Waals surface area contributed by atoms with Gasteiger partial charge in [0.15, 0.2) is 0 Å². The lowest BCUT2D eigenvalue weighted by Gasteiger charge is -2.24. The molecular weight excluding hydrogens is 376 g/mol. The average molecular weight is 405 g/mol. The molecule has 3 aromatic heterocycles. The zero-order valence-corrected chi connectivity index (χ0v) is 17.6. The van der Waals surface area contributed by atoms with Crippen LogP contribution in [0, 0.1) is 6.92 Å². The average Bonchev–Trinajstić information content (AvgIpc) is 3.23. The fourth-order valence-corrected chi connectivity index (χ4v) is 3.81. The maximum Gasteiger partial charge on any atom is 0.134 e. The van der Waals surface area contributed by atoms with Crippen molar-refractivity contribution in [2.45, 2.75) is 38.8 Å². The first-order valence-electron chi connectivity index (χ1n) is 10.4. The minimum absolute atomic E-state index is 0.296. The molecule has 1 fully saturated rings. The minimum atomic E-state index is 0.296. The molecule has 0 aliphatic carbocycles. The van der Waals surface area contributed by atoms with Crippen LogP contribution in [0.3, 0.4) is 0 Å². The van der Waals surface area contributed by atoms with E-state index in [2.05, 4.69) is 37.3 Å². The van der Waals surface area contributed by atoms with Crippen molar-refractivity contribution in [2.75, 3.05) is 25.6 Å². The van der Waals surface area contributed by atoms with Gasteiger partial charge in [-0.25, -0.2) is 19.9 Å². The van der Waals surface area contributed by atoms with Crippen LogP contribution in [-0.2, 0) is 17.7 Å². The van der Waals surface area contributed by atoms with Crippen molar-refractivity contribution >= 4 is 11.6 Å². The van der Waals surface area contributed by atoms with E-state index in [1.807, 2.05) is 37.5 Å². The van der Waals surface area contributed by atoms with Crippen LogP contribution < -0.4 is 5.32 Å². The number of aromatic nitrogens is 4. The Bertz CT molecular complexity index is 962. The van der Waals surface area contributed by atoms with Crippen molar-refractivity contribution in [1.29, 1.82) is 0 Å². The molecule has 0 aromatic carbocycles. The van der Waals surface area contributed by atoms with E-state index in [0.29, 0.717) is 12.6 Å². The van der Waals surface area contributed by atoms with E-state index in [-0.39, 0.29) is 0 Å². The summed E-state index contributed by atoms with van der Waals surface area (Å²) in [5.74, 6) is 2.49. The third-order valence-electron chi connectivity index (χ3n) is 5.41. The molecule has 0 saturated carbocycles. The fourth-order valence-electron chi connectivity index (χ4n) is 3.81. The largest absolute Gasteiger partial charge is 0.384 e. The van der Waals surface area contributed by atoms with E-state index in [1.165, 1.54) is 0 Å². The molecule has 4 rings (SSSR count). The van der Waals surface area contributed by atoms with Gasteiger partial charge in [-0.1, -0.05) is 12.1 Å². The number of ether oxygens (including phenoxy) is 1. The van der Waals surface area contributed by atoms with Crippen molar-refractivity contribution in [1.82, 2.24) is 24.8 Å². The van der Waals surface area contributed by atoms with Crippen molar-refractivity contribution in [2.24, 2.45) is 0 Å². The number of rotatable bonds is 8. The summed E-state index contributed by atoms with van der Waals surface area (Å²) < 4.78 is 5.10. The third-order valence-corrected chi connectivity index (χ3v) is 5.41. The van der Waals surface area contributed by atoms with Crippen LogP contribution in [0.4, 0.5) is 11.6 Å². The lowest BCUT2D eigenvalue weighted by atomic mass is 10.1. The van der Waals surface area contributed by atoms with Crippen molar-refractivity contribution in [3.05, 3.63) is 71.6 Å². The van der Waals surface area contributed by atoms with Gasteiger partial charge in [-0.05, 0) is 50.1 Å². The van der Waals surface area contributed by atoms with Crippen LogP contribution in [0.5, 0.6) is 0 Å². The third kappa shape index (κ3) is 4.98. The summed E-state index contributed by atoms with van der Waals surface area (Å²) in [6.45, 7) is 4.56. The molecule has 0 spiro atoms. The SMILES string of the molecule is COCCc1ncc(CN2CCCC2c2cccc(Nc3ncccc3C)n2)cn1. The normalized spacial score (nSPS) is 16.7. The van der Waals surface area contributed by atoms with Crippen LogP contribution in [0.2, 0.25) is 0 Å². The molecular formula is C23H28N6O. The molecule has 1 N–H and O–H groups in total. The van der Waals surface area contributed by atoms with Gasteiger partial charge in [0, 0.05) is 44.2 Å². The molecule has 7 nitrogen and oxygen atoms in total. The Labute approximate surface area is 177 Å². The highest BCUT2D eigenvalue weighted by atomic mass is 16.5. The van der Waals surface area contributed by atoms with E-state index < -0.39 is 0 Å². The van der Waals surface area contributed by atoms with Crippen LogP contribution >= 0.6 is 0 Å². The van der Waals surface area contributed by atoms with Gasteiger partial charge in [0.05, 0.1) is 18.3 Å². The maximum atomic E-state index is 5.10. The number of pyridine rings is 2. The molecule has 1 saturated heterocycles. The fraction of sp³-hybridized carbons (Fsp3) is 0.391. The molecule has 3 aromatic rings. The summed E-state index contributed by atoms with van der Waals surface area (Å²) in [6.07, 6.45) is 8.66. The smallest absolute Gasteiger partial charge is 0.134 e. The maximum absolute atomic E-state index is 5.10. The highest BCUT2D eigenvalue weighted by Gasteiger charge is 2.27. The van der Waals surface area contributed by atoms with E-state index >= 15 is 0 Å². The second-order valence-electron chi connectivity index (χ2n) is 7.62. The lowest BCUT2D eigenvalue weighted by molar-refractivity contribution is 0.200. The molecule has 30 heavy (non-hydrogen) atoms. The lowest BCUT2D eigenvalue weighted by Crippen LogP contribution is -2.24. The zero-order chi connectivity index (χ0) is 20.8. The Morgan fingerprint density at radius 2 is 2.00 bits per heavy atom.